The lowest BCUT2D eigenvalue weighted by molar-refractivity contribution is -0.117. The van der Waals surface area contributed by atoms with E-state index in [4.69, 9.17) is 0 Å². The zero-order chi connectivity index (χ0) is 17.8. The predicted octanol–water partition coefficient (Wildman–Crippen LogP) is 1.77. The van der Waals surface area contributed by atoms with Crippen molar-refractivity contribution in [1.82, 2.24) is 5.43 Å². The smallest absolute Gasteiger partial charge is 0.282 e. The minimum absolute atomic E-state index is 0.00320. The number of benzene rings is 2. The largest absolute Gasteiger partial charge is 0.507 e. The summed E-state index contributed by atoms with van der Waals surface area (Å²) in [4.78, 5) is 24.3. The van der Waals surface area contributed by atoms with Crippen molar-refractivity contribution in [3.8, 4) is 11.8 Å². The van der Waals surface area contributed by atoms with Gasteiger partial charge in [-0.2, -0.15) is 10.4 Å². The van der Waals surface area contributed by atoms with Gasteiger partial charge in [0.2, 0.25) is 0 Å². The molecule has 25 heavy (non-hydrogen) atoms. The number of fused-ring (bicyclic) bond motifs is 1. The fourth-order valence-corrected chi connectivity index (χ4v) is 2.40. The molecular formula is C18H12N4O3. The predicted molar refractivity (Wildman–Crippen MR) is 91.4 cm³/mol. The zero-order valence-electron chi connectivity index (χ0n) is 12.9. The molecule has 0 radical (unpaired) electrons. The number of hydrogen-bond acceptors (Lipinski definition) is 5. The molecule has 1 aliphatic heterocycles. The van der Waals surface area contributed by atoms with Crippen LogP contribution in [0.1, 0.15) is 11.1 Å². The Morgan fingerprint density at radius 1 is 1.20 bits per heavy atom. The highest BCUT2D eigenvalue weighted by Crippen LogP contribution is 2.33. The molecule has 122 valence electrons. The number of amides is 2. The van der Waals surface area contributed by atoms with E-state index < -0.39 is 11.8 Å². The topological polar surface area (TPSA) is 115 Å². The summed E-state index contributed by atoms with van der Waals surface area (Å²) in [7, 11) is 0. The summed E-state index contributed by atoms with van der Waals surface area (Å²) in [6.07, 6.45) is 1.25. The van der Waals surface area contributed by atoms with Gasteiger partial charge in [0.15, 0.2) is 0 Å². The normalized spacial score (nSPS) is 14.6. The molecule has 0 unspecified atom stereocenters. The summed E-state index contributed by atoms with van der Waals surface area (Å²) in [5, 5.41) is 25.3. The summed E-state index contributed by atoms with van der Waals surface area (Å²) in [6.45, 7) is 0. The number of aromatic hydroxyl groups is 1. The number of nitriles is 1. The Morgan fingerprint density at radius 2 is 1.92 bits per heavy atom. The van der Waals surface area contributed by atoms with Crippen LogP contribution in [0.4, 0.5) is 5.69 Å². The number of anilines is 1. The van der Waals surface area contributed by atoms with Gasteiger partial charge in [-0.15, -0.1) is 0 Å². The van der Waals surface area contributed by atoms with E-state index in [1.165, 1.54) is 12.3 Å². The third-order valence-corrected chi connectivity index (χ3v) is 3.57. The lowest BCUT2D eigenvalue weighted by Crippen LogP contribution is -2.21. The Labute approximate surface area is 142 Å². The molecule has 0 saturated heterocycles. The van der Waals surface area contributed by atoms with Crippen LogP contribution in [-0.4, -0.2) is 23.1 Å². The first-order chi connectivity index (χ1) is 12.1. The van der Waals surface area contributed by atoms with E-state index in [9.17, 15) is 20.0 Å². The van der Waals surface area contributed by atoms with Crippen molar-refractivity contribution in [3.05, 3.63) is 65.2 Å². The Hall–Kier alpha value is -3.92. The van der Waals surface area contributed by atoms with Crippen LogP contribution in [0.2, 0.25) is 0 Å². The molecule has 0 fully saturated rings. The minimum Gasteiger partial charge on any atom is -0.507 e. The second kappa shape index (κ2) is 6.68. The molecular weight excluding hydrogens is 320 g/mol. The Kier molecular flexibility index (Phi) is 4.26. The fraction of sp³-hybridized carbons (Fsp3) is 0. The van der Waals surface area contributed by atoms with E-state index in [2.05, 4.69) is 15.8 Å². The Morgan fingerprint density at radius 3 is 2.68 bits per heavy atom. The molecule has 0 bridgehead atoms. The van der Waals surface area contributed by atoms with Crippen LogP contribution in [0.25, 0.3) is 5.57 Å². The minimum atomic E-state index is -0.809. The molecule has 3 rings (SSSR count). The van der Waals surface area contributed by atoms with E-state index in [0.29, 0.717) is 16.8 Å². The molecule has 2 aromatic rings. The maximum Gasteiger partial charge on any atom is 0.282 e. The Bertz CT molecular complexity index is 970. The van der Waals surface area contributed by atoms with E-state index in [-0.39, 0.29) is 16.9 Å². The summed E-state index contributed by atoms with van der Waals surface area (Å²) in [6, 6.07) is 15.0. The van der Waals surface area contributed by atoms with Crippen molar-refractivity contribution in [3.63, 3.8) is 0 Å². The third-order valence-electron chi connectivity index (χ3n) is 3.57. The molecule has 1 heterocycles. The summed E-state index contributed by atoms with van der Waals surface area (Å²) in [5.41, 5.74) is 3.30. The van der Waals surface area contributed by atoms with Gasteiger partial charge in [-0.3, -0.25) is 9.59 Å². The van der Waals surface area contributed by atoms with Crippen LogP contribution < -0.4 is 10.7 Å². The van der Waals surface area contributed by atoms with Crippen LogP contribution in [0.3, 0.4) is 0 Å². The number of hydrogen-bond donors (Lipinski definition) is 3. The first kappa shape index (κ1) is 16.0. The van der Waals surface area contributed by atoms with Crippen molar-refractivity contribution >= 4 is 29.3 Å². The van der Waals surface area contributed by atoms with Gasteiger partial charge in [-0.1, -0.05) is 30.3 Å². The maximum atomic E-state index is 12.2. The highest BCUT2D eigenvalue weighted by molar-refractivity contribution is 6.36. The molecule has 3 N–H and O–H groups in total. The highest BCUT2D eigenvalue weighted by atomic mass is 16.3. The highest BCUT2D eigenvalue weighted by Gasteiger charge is 2.29. The molecule has 2 amide bonds. The van der Waals surface area contributed by atoms with Crippen LogP contribution in [0.15, 0.2) is 59.2 Å². The number of phenolic OH excluding ortho intramolecular Hbond substituents is 1. The van der Waals surface area contributed by atoms with Gasteiger partial charge in [-0.25, -0.2) is 5.43 Å². The van der Waals surface area contributed by atoms with Gasteiger partial charge in [0.1, 0.15) is 17.4 Å². The molecule has 0 aromatic heterocycles. The average Bonchev–Trinajstić information content (AvgIpc) is 2.94. The maximum absolute atomic E-state index is 12.2. The SMILES string of the molecule is N#CC(C(=O)N/N=C/c1ccccc1O)=C1C(=O)Nc2ccccc21. The van der Waals surface area contributed by atoms with Crippen molar-refractivity contribution in [1.29, 1.82) is 5.26 Å². The van der Waals surface area contributed by atoms with E-state index in [0.717, 1.165) is 0 Å². The van der Waals surface area contributed by atoms with E-state index in [1.54, 1.807) is 48.5 Å². The summed E-state index contributed by atoms with van der Waals surface area (Å²) in [5.74, 6) is -1.32. The van der Waals surface area contributed by atoms with Crippen LogP contribution >= 0.6 is 0 Å². The number of nitrogens with one attached hydrogen (secondary N) is 2. The molecule has 0 spiro atoms. The number of hydrazone groups is 1. The number of para-hydroxylation sites is 2. The Balaban J connectivity index is 1.87. The third kappa shape index (κ3) is 3.09. The van der Waals surface area contributed by atoms with Crippen LogP contribution in [0.5, 0.6) is 5.75 Å². The lowest BCUT2D eigenvalue weighted by atomic mass is 10.0. The quantitative estimate of drug-likeness (QED) is 0.344. The van der Waals surface area contributed by atoms with Gasteiger partial charge in [0.25, 0.3) is 11.8 Å². The number of rotatable bonds is 3. The van der Waals surface area contributed by atoms with Crippen LogP contribution in [-0.2, 0) is 9.59 Å². The van der Waals surface area contributed by atoms with Gasteiger partial charge >= 0.3 is 0 Å². The second-order valence-corrected chi connectivity index (χ2v) is 5.12. The summed E-state index contributed by atoms with van der Waals surface area (Å²) >= 11 is 0. The van der Waals surface area contributed by atoms with Crippen LogP contribution in [0, 0.1) is 11.3 Å². The number of phenols is 1. The number of nitrogens with zero attached hydrogens (tertiary/aromatic N) is 2. The molecule has 2 aromatic carbocycles. The molecule has 0 atom stereocenters. The molecule has 7 nitrogen and oxygen atoms in total. The first-order valence-corrected chi connectivity index (χ1v) is 7.28. The molecule has 0 aliphatic carbocycles. The van der Waals surface area contributed by atoms with Gasteiger partial charge in [-0.05, 0) is 18.2 Å². The monoisotopic (exact) mass is 332 g/mol. The first-order valence-electron chi connectivity index (χ1n) is 7.28. The second-order valence-electron chi connectivity index (χ2n) is 5.12. The van der Waals surface area contributed by atoms with E-state index >= 15 is 0 Å². The van der Waals surface area contributed by atoms with Crippen molar-refractivity contribution in [2.24, 2.45) is 5.10 Å². The molecule has 7 heteroatoms. The van der Waals surface area contributed by atoms with Gasteiger partial charge in [0, 0.05) is 16.8 Å². The van der Waals surface area contributed by atoms with E-state index in [1.807, 2.05) is 0 Å². The molecule has 1 aliphatic rings. The number of carbonyl (C=O) groups is 2. The number of carbonyl (C=O) groups excluding carboxylic acids is 2. The zero-order valence-corrected chi connectivity index (χ0v) is 12.9. The fourth-order valence-electron chi connectivity index (χ4n) is 2.40. The van der Waals surface area contributed by atoms with Crippen molar-refractivity contribution < 1.29 is 14.7 Å². The van der Waals surface area contributed by atoms with Gasteiger partial charge < -0.3 is 10.4 Å². The standard InChI is InChI=1S/C18H12N4O3/c19-9-13(16-12-6-2-3-7-14(12)21-18(16)25)17(24)22-20-10-11-5-1-4-8-15(11)23/h1-8,10,23H,(H,21,25)(H,22,24)/b16-13?,20-10+. The van der Waals surface area contributed by atoms with Gasteiger partial charge in [0.05, 0.1) is 11.8 Å². The van der Waals surface area contributed by atoms with Crippen molar-refractivity contribution in [2.45, 2.75) is 0 Å². The molecule has 0 saturated carbocycles. The average molecular weight is 332 g/mol. The summed E-state index contributed by atoms with van der Waals surface area (Å²) < 4.78 is 0. The lowest BCUT2D eigenvalue weighted by Gasteiger charge is -2.02. The van der Waals surface area contributed by atoms with Crippen molar-refractivity contribution in [2.75, 3.05) is 5.32 Å².